The van der Waals surface area contributed by atoms with Crippen LogP contribution in [0.1, 0.15) is 0 Å². The van der Waals surface area contributed by atoms with Gasteiger partial charge in [0.05, 0.1) is 22.9 Å². The van der Waals surface area contributed by atoms with E-state index in [0.29, 0.717) is 5.82 Å². The van der Waals surface area contributed by atoms with Gasteiger partial charge in [0.15, 0.2) is 5.82 Å². The number of rotatable bonds is 3. The average Bonchev–Trinajstić information content (AvgIpc) is 3.52. The van der Waals surface area contributed by atoms with Crippen LogP contribution in [0.15, 0.2) is 67.4 Å². The highest BCUT2D eigenvalue weighted by atomic mass is 15.1. The van der Waals surface area contributed by atoms with Crippen molar-refractivity contribution in [1.82, 2.24) is 40.3 Å². The fourth-order valence-electron chi connectivity index (χ4n) is 3.54. The Morgan fingerprint density at radius 1 is 0.828 bits per heavy atom. The van der Waals surface area contributed by atoms with Gasteiger partial charge in [-0.1, -0.05) is 6.07 Å². The largest absolute Gasteiger partial charge is 0.336 e. The third-order valence-corrected chi connectivity index (χ3v) is 4.95. The molecule has 6 rings (SSSR count). The van der Waals surface area contributed by atoms with E-state index >= 15 is 0 Å². The van der Waals surface area contributed by atoms with Gasteiger partial charge in [0.25, 0.3) is 0 Å². The molecule has 8 heteroatoms. The van der Waals surface area contributed by atoms with Crippen molar-refractivity contribution in [3.63, 3.8) is 0 Å². The zero-order chi connectivity index (χ0) is 19.2. The van der Waals surface area contributed by atoms with Crippen LogP contribution < -0.4 is 0 Å². The van der Waals surface area contributed by atoms with E-state index in [1.54, 1.807) is 24.8 Å². The van der Waals surface area contributed by atoms with Crippen LogP contribution in [-0.4, -0.2) is 40.3 Å². The van der Waals surface area contributed by atoms with Crippen molar-refractivity contribution >= 4 is 21.9 Å². The fraction of sp³-hybridized carbons (Fsp3) is 0. The lowest BCUT2D eigenvalue weighted by Gasteiger charge is -1.99. The molecule has 0 saturated carbocycles. The summed E-state index contributed by atoms with van der Waals surface area (Å²) in [5.41, 5.74) is 7.18. The Bertz CT molecular complexity index is 1440. The van der Waals surface area contributed by atoms with Crippen LogP contribution in [0, 0.1) is 0 Å². The molecule has 5 heterocycles. The second-order valence-electron chi connectivity index (χ2n) is 6.70. The minimum atomic E-state index is 0.689. The molecular formula is C21H14N8. The van der Waals surface area contributed by atoms with Gasteiger partial charge in [0.2, 0.25) is 0 Å². The molecule has 0 bridgehead atoms. The molecule has 0 amide bonds. The number of hydrogen-bond donors (Lipinski definition) is 3. The van der Waals surface area contributed by atoms with Crippen LogP contribution in [0.25, 0.3) is 55.8 Å². The summed E-state index contributed by atoms with van der Waals surface area (Å²) in [6, 6.07) is 11.9. The van der Waals surface area contributed by atoms with E-state index in [1.807, 2.05) is 36.5 Å². The molecule has 5 aromatic heterocycles. The monoisotopic (exact) mass is 378 g/mol. The maximum atomic E-state index is 4.83. The van der Waals surface area contributed by atoms with E-state index < -0.39 is 0 Å². The molecule has 29 heavy (non-hydrogen) atoms. The zero-order valence-corrected chi connectivity index (χ0v) is 15.1. The predicted octanol–water partition coefficient (Wildman–Crippen LogP) is 3.95. The number of pyridine rings is 2. The van der Waals surface area contributed by atoms with Crippen molar-refractivity contribution in [1.29, 1.82) is 0 Å². The quantitative estimate of drug-likeness (QED) is 0.432. The molecule has 0 aliphatic rings. The van der Waals surface area contributed by atoms with Crippen molar-refractivity contribution in [2.24, 2.45) is 0 Å². The van der Waals surface area contributed by atoms with Gasteiger partial charge in [-0.15, -0.1) is 0 Å². The Balaban J connectivity index is 1.54. The molecule has 0 fully saturated rings. The third-order valence-electron chi connectivity index (χ3n) is 4.95. The van der Waals surface area contributed by atoms with Gasteiger partial charge >= 0.3 is 0 Å². The second-order valence-corrected chi connectivity index (χ2v) is 6.70. The van der Waals surface area contributed by atoms with Crippen LogP contribution in [0.5, 0.6) is 0 Å². The summed E-state index contributed by atoms with van der Waals surface area (Å²) in [7, 11) is 0. The maximum Gasteiger partial charge on any atom is 0.159 e. The number of H-pyrrole nitrogens is 3. The highest BCUT2D eigenvalue weighted by Crippen LogP contribution is 2.31. The van der Waals surface area contributed by atoms with Crippen LogP contribution in [0.3, 0.4) is 0 Å². The molecule has 0 unspecified atom stereocenters. The lowest BCUT2D eigenvalue weighted by atomic mass is 10.1. The average molecular weight is 378 g/mol. The summed E-state index contributed by atoms with van der Waals surface area (Å²) in [6.45, 7) is 0. The molecule has 0 atom stereocenters. The first-order valence-corrected chi connectivity index (χ1v) is 9.09. The van der Waals surface area contributed by atoms with Gasteiger partial charge in [0, 0.05) is 41.3 Å². The highest BCUT2D eigenvalue weighted by Gasteiger charge is 2.16. The van der Waals surface area contributed by atoms with Gasteiger partial charge in [0.1, 0.15) is 11.2 Å². The van der Waals surface area contributed by atoms with E-state index in [1.165, 1.54) is 0 Å². The van der Waals surface area contributed by atoms with Crippen LogP contribution in [0.2, 0.25) is 0 Å². The molecule has 0 aliphatic carbocycles. The third kappa shape index (κ3) is 2.50. The molecule has 0 radical (unpaired) electrons. The number of nitrogens with zero attached hydrogens (tertiary/aromatic N) is 5. The normalized spacial score (nSPS) is 11.4. The van der Waals surface area contributed by atoms with Crippen LogP contribution in [0.4, 0.5) is 0 Å². The zero-order valence-electron chi connectivity index (χ0n) is 15.1. The Labute approximate surface area is 164 Å². The van der Waals surface area contributed by atoms with Gasteiger partial charge < -0.3 is 4.98 Å². The number of aromatic nitrogens is 8. The first-order valence-electron chi connectivity index (χ1n) is 9.09. The summed E-state index contributed by atoms with van der Waals surface area (Å²) in [5.74, 6) is 0.689. The van der Waals surface area contributed by atoms with Gasteiger partial charge in [-0.25, -0.2) is 4.98 Å². The first-order chi connectivity index (χ1) is 14.4. The topological polar surface area (TPSA) is 112 Å². The SMILES string of the molecule is c1cncc(-c2nccc3[nH]c(-c4n[nH]c5ccc(-c6cn[nH]c6)cc45)nc23)c1. The summed E-state index contributed by atoms with van der Waals surface area (Å²) in [5, 5.41) is 15.5. The Hall–Kier alpha value is -4.33. The van der Waals surface area contributed by atoms with Gasteiger partial charge in [-0.2, -0.15) is 10.2 Å². The molecule has 1 aromatic carbocycles. The lowest BCUT2D eigenvalue weighted by Crippen LogP contribution is -1.86. The first kappa shape index (κ1) is 15.7. The summed E-state index contributed by atoms with van der Waals surface area (Å²) >= 11 is 0. The van der Waals surface area contributed by atoms with E-state index in [2.05, 4.69) is 41.4 Å². The second kappa shape index (κ2) is 6.10. The highest BCUT2D eigenvalue weighted by molar-refractivity contribution is 5.97. The van der Waals surface area contributed by atoms with Crippen molar-refractivity contribution in [3.05, 3.63) is 67.4 Å². The summed E-state index contributed by atoms with van der Waals surface area (Å²) in [4.78, 5) is 16.9. The van der Waals surface area contributed by atoms with E-state index in [-0.39, 0.29) is 0 Å². The molecule has 0 spiro atoms. The minimum absolute atomic E-state index is 0.689. The van der Waals surface area contributed by atoms with Crippen molar-refractivity contribution < 1.29 is 0 Å². The van der Waals surface area contributed by atoms with E-state index in [9.17, 15) is 0 Å². The molecule has 0 saturated heterocycles. The van der Waals surface area contributed by atoms with Gasteiger partial charge in [-0.05, 0) is 35.9 Å². The molecule has 138 valence electrons. The van der Waals surface area contributed by atoms with Crippen molar-refractivity contribution in [3.8, 4) is 33.9 Å². The van der Waals surface area contributed by atoms with Gasteiger partial charge in [-0.3, -0.25) is 20.2 Å². The predicted molar refractivity (Wildman–Crippen MR) is 110 cm³/mol. The Morgan fingerprint density at radius 2 is 1.83 bits per heavy atom. The van der Waals surface area contributed by atoms with E-state index in [4.69, 9.17) is 4.98 Å². The molecule has 3 N–H and O–H groups in total. The molecular weight excluding hydrogens is 364 g/mol. The number of hydrogen-bond acceptors (Lipinski definition) is 5. The number of aromatic amines is 3. The Kier molecular flexibility index (Phi) is 3.30. The minimum Gasteiger partial charge on any atom is -0.336 e. The summed E-state index contributed by atoms with van der Waals surface area (Å²) < 4.78 is 0. The molecule has 6 aromatic rings. The maximum absolute atomic E-state index is 4.83. The fourth-order valence-corrected chi connectivity index (χ4v) is 3.54. The van der Waals surface area contributed by atoms with Crippen LogP contribution >= 0.6 is 0 Å². The Morgan fingerprint density at radius 3 is 2.69 bits per heavy atom. The number of imidazole rings is 1. The molecule has 0 aliphatic heterocycles. The van der Waals surface area contributed by atoms with Crippen molar-refractivity contribution in [2.45, 2.75) is 0 Å². The number of nitrogens with one attached hydrogen (secondary N) is 3. The molecule has 8 nitrogen and oxygen atoms in total. The van der Waals surface area contributed by atoms with Crippen molar-refractivity contribution in [2.75, 3.05) is 0 Å². The standard InChI is InChI=1S/C21H14N8/c1-2-13(9-22-6-1)18-20-17(5-7-23-18)26-21(27-20)19-15-8-12(14-10-24-25-11-14)3-4-16(15)28-29-19/h1-11H,(H,24,25)(H,26,27)(H,28,29). The smallest absolute Gasteiger partial charge is 0.159 e. The lowest BCUT2D eigenvalue weighted by molar-refractivity contribution is 1.09. The summed E-state index contributed by atoms with van der Waals surface area (Å²) in [6.07, 6.45) is 8.97. The van der Waals surface area contributed by atoms with Crippen LogP contribution in [-0.2, 0) is 0 Å². The van der Waals surface area contributed by atoms with E-state index in [0.717, 1.165) is 50.0 Å². The number of fused-ring (bicyclic) bond motifs is 2. The number of benzene rings is 1.